The van der Waals surface area contributed by atoms with E-state index in [9.17, 15) is 14.4 Å². The van der Waals surface area contributed by atoms with Crippen LogP contribution in [0.3, 0.4) is 0 Å². The highest BCUT2D eigenvalue weighted by Crippen LogP contribution is 2.36. The first-order valence-electron chi connectivity index (χ1n) is 12.1. The molecule has 1 aliphatic heterocycles. The first-order valence-corrected chi connectivity index (χ1v) is 12.8. The molecule has 0 radical (unpaired) electrons. The van der Waals surface area contributed by atoms with Gasteiger partial charge in [0.15, 0.2) is 18.3 Å². The number of hydrogen-bond donors (Lipinski definition) is 0. The molecule has 0 N–H and O–H groups in total. The van der Waals surface area contributed by atoms with Crippen LogP contribution in [0.2, 0.25) is 0 Å². The molecule has 1 saturated heterocycles. The van der Waals surface area contributed by atoms with Gasteiger partial charge in [-0.15, -0.1) is 0 Å². The van der Waals surface area contributed by atoms with Crippen LogP contribution in [-0.2, 0) is 37.5 Å². The Hall–Kier alpha value is -2.10. The van der Waals surface area contributed by atoms with Crippen LogP contribution in [-0.4, -0.2) is 48.6 Å². The van der Waals surface area contributed by atoms with Crippen molar-refractivity contribution in [2.75, 3.05) is 0 Å². The SMILES string of the molecule is C[C@@H]1OC(OSc2ccccc2)[C@@H](OC(=O)C(C)(C)C)[C@H](OC(=O)C(C)(C)C)[C@@H]1OC(=O)C(C)(C)C. The van der Waals surface area contributed by atoms with E-state index in [1.54, 1.807) is 69.2 Å². The Morgan fingerprint density at radius 3 is 1.56 bits per heavy atom. The predicted molar refractivity (Wildman–Crippen MR) is 136 cm³/mol. The summed E-state index contributed by atoms with van der Waals surface area (Å²) in [4.78, 5) is 39.6. The Balaban J connectivity index is 2.47. The lowest BCUT2D eigenvalue weighted by Crippen LogP contribution is -2.62. The van der Waals surface area contributed by atoms with Gasteiger partial charge in [-0.2, -0.15) is 0 Å². The highest BCUT2D eigenvalue weighted by molar-refractivity contribution is 7.94. The second-order valence-corrected chi connectivity index (χ2v) is 12.9. The molecule has 8 nitrogen and oxygen atoms in total. The smallest absolute Gasteiger partial charge is 0.311 e. The van der Waals surface area contributed by atoms with Crippen molar-refractivity contribution in [1.82, 2.24) is 0 Å². The van der Waals surface area contributed by atoms with E-state index >= 15 is 0 Å². The Bertz CT molecular complexity index is 910. The van der Waals surface area contributed by atoms with E-state index in [-0.39, 0.29) is 0 Å². The van der Waals surface area contributed by atoms with Crippen molar-refractivity contribution >= 4 is 30.0 Å². The molecule has 36 heavy (non-hydrogen) atoms. The molecule has 0 spiro atoms. The van der Waals surface area contributed by atoms with E-state index in [2.05, 4.69) is 0 Å². The van der Waals surface area contributed by atoms with Crippen molar-refractivity contribution in [1.29, 1.82) is 0 Å². The molecule has 1 fully saturated rings. The van der Waals surface area contributed by atoms with E-state index in [0.717, 1.165) is 16.9 Å². The number of hydrogen-bond acceptors (Lipinski definition) is 9. The van der Waals surface area contributed by atoms with Gasteiger partial charge in [0.1, 0.15) is 0 Å². The molecule has 5 atom stereocenters. The number of carbonyl (C=O) groups excluding carboxylic acids is 3. The Kier molecular flexibility index (Phi) is 9.64. The number of esters is 3. The molecule has 0 aliphatic carbocycles. The van der Waals surface area contributed by atoms with Crippen LogP contribution in [0.5, 0.6) is 0 Å². The quantitative estimate of drug-likeness (QED) is 0.278. The highest BCUT2D eigenvalue weighted by Gasteiger charge is 2.53. The van der Waals surface area contributed by atoms with Gasteiger partial charge in [0, 0.05) is 16.9 Å². The molecule has 0 saturated carbocycles. The van der Waals surface area contributed by atoms with Gasteiger partial charge in [-0.25, -0.2) is 0 Å². The molecule has 1 unspecified atom stereocenters. The van der Waals surface area contributed by atoms with E-state index < -0.39 is 64.9 Å². The summed E-state index contributed by atoms with van der Waals surface area (Å²) in [6.45, 7) is 17.1. The first kappa shape index (κ1) is 30.1. The summed E-state index contributed by atoms with van der Waals surface area (Å²) in [6.07, 6.45) is -5.19. The Labute approximate surface area is 218 Å². The maximum Gasteiger partial charge on any atom is 0.311 e. The largest absolute Gasteiger partial charge is 0.455 e. The van der Waals surface area contributed by atoms with Crippen molar-refractivity contribution in [2.24, 2.45) is 16.2 Å². The summed E-state index contributed by atoms with van der Waals surface area (Å²) in [7, 11) is 0. The average Bonchev–Trinajstić information content (AvgIpc) is 2.75. The van der Waals surface area contributed by atoms with Crippen LogP contribution >= 0.6 is 12.0 Å². The maximum atomic E-state index is 13.0. The summed E-state index contributed by atoms with van der Waals surface area (Å²) < 4.78 is 29.6. The minimum atomic E-state index is -1.19. The molecular weight excluding hydrogens is 484 g/mol. The second kappa shape index (κ2) is 11.5. The standard InChI is InChI=1S/C27H40O8S/c1-16-18(32-22(28)25(2,3)4)19(33-23(29)26(5,6)7)20(34-24(30)27(8,9)10)21(31-16)35-36-17-14-12-11-13-15-17/h11-16,18-21H,1-10H3/t16-,18+,19+,20-,21?/m0/s1. The van der Waals surface area contributed by atoms with Crippen LogP contribution in [0.15, 0.2) is 35.2 Å². The molecule has 0 aromatic heterocycles. The summed E-state index contributed by atoms with van der Waals surface area (Å²) in [5.41, 5.74) is -2.52. The third-order valence-electron chi connectivity index (χ3n) is 5.28. The minimum absolute atomic E-state index is 0.501. The second-order valence-electron chi connectivity index (χ2n) is 12.1. The monoisotopic (exact) mass is 524 g/mol. The molecule has 9 heteroatoms. The predicted octanol–water partition coefficient (Wildman–Crippen LogP) is 5.33. The third kappa shape index (κ3) is 8.21. The van der Waals surface area contributed by atoms with Crippen molar-refractivity contribution in [3.63, 3.8) is 0 Å². The number of benzene rings is 1. The fraction of sp³-hybridized carbons (Fsp3) is 0.667. The van der Waals surface area contributed by atoms with Gasteiger partial charge in [0.25, 0.3) is 0 Å². The number of ether oxygens (including phenoxy) is 4. The molecule has 1 aromatic carbocycles. The lowest BCUT2D eigenvalue weighted by molar-refractivity contribution is -0.283. The fourth-order valence-corrected chi connectivity index (χ4v) is 3.58. The summed E-state index contributed by atoms with van der Waals surface area (Å²) in [5, 5.41) is 0. The molecule has 1 aromatic rings. The Morgan fingerprint density at radius 1 is 0.694 bits per heavy atom. The molecular formula is C27H40O8S. The van der Waals surface area contributed by atoms with Gasteiger partial charge in [0.2, 0.25) is 6.29 Å². The van der Waals surface area contributed by atoms with Crippen molar-refractivity contribution in [3.8, 4) is 0 Å². The summed E-state index contributed by atoms with van der Waals surface area (Å²) in [5.74, 6) is -1.58. The number of rotatable bonds is 6. The van der Waals surface area contributed by atoms with Crippen molar-refractivity contribution in [3.05, 3.63) is 30.3 Å². The zero-order chi connectivity index (χ0) is 27.5. The van der Waals surface area contributed by atoms with Crippen LogP contribution in [0.25, 0.3) is 0 Å². The fourth-order valence-electron chi connectivity index (χ4n) is 2.95. The van der Waals surface area contributed by atoms with Crippen molar-refractivity contribution < 1.29 is 37.5 Å². The average molecular weight is 525 g/mol. The summed E-state index contributed by atoms with van der Waals surface area (Å²) >= 11 is 1.05. The molecule has 1 aliphatic rings. The van der Waals surface area contributed by atoms with Crippen LogP contribution in [0, 0.1) is 16.2 Å². The third-order valence-corrected chi connectivity index (χ3v) is 6.03. The van der Waals surface area contributed by atoms with Crippen LogP contribution in [0.1, 0.15) is 69.2 Å². The van der Waals surface area contributed by atoms with E-state index in [1.165, 1.54) is 0 Å². The zero-order valence-electron chi connectivity index (χ0n) is 22.9. The first-order chi connectivity index (χ1) is 16.4. The molecule has 1 heterocycles. The van der Waals surface area contributed by atoms with Gasteiger partial charge < -0.3 is 18.9 Å². The maximum absolute atomic E-state index is 13.0. The van der Waals surface area contributed by atoms with Gasteiger partial charge >= 0.3 is 17.9 Å². The topological polar surface area (TPSA) is 97.4 Å². The van der Waals surface area contributed by atoms with Crippen molar-refractivity contribution in [2.45, 2.75) is 105 Å². The highest BCUT2D eigenvalue weighted by atomic mass is 32.2. The molecule has 202 valence electrons. The molecule has 2 rings (SSSR count). The molecule has 0 amide bonds. The zero-order valence-corrected chi connectivity index (χ0v) is 23.8. The minimum Gasteiger partial charge on any atom is -0.455 e. The summed E-state index contributed by atoms with van der Waals surface area (Å²) in [6, 6.07) is 9.33. The lowest BCUT2D eigenvalue weighted by atomic mass is 9.93. The van der Waals surface area contributed by atoms with E-state index in [1.807, 2.05) is 30.3 Å². The Morgan fingerprint density at radius 2 is 1.11 bits per heavy atom. The number of carbonyl (C=O) groups is 3. The van der Waals surface area contributed by atoms with Crippen LogP contribution in [0.4, 0.5) is 0 Å². The normalized spacial score (nSPS) is 25.1. The lowest BCUT2D eigenvalue weighted by Gasteiger charge is -2.44. The van der Waals surface area contributed by atoms with Crippen LogP contribution < -0.4 is 0 Å². The van der Waals surface area contributed by atoms with Gasteiger partial charge in [-0.1, -0.05) is 18.2 Å². The molecule has 0 bridgehead atoms. The van der Waals surface area contributed by atoms with E-state index in [4.69, 9.17) is 23.1 Å². The van der Waals surface area contributed by atoms with Gasteiger partial charge in [-0.05, 0) is 81.4 Å². The van der Waals surface area contributed by atoms with E-state index in [0.29, 0.717) is 0 Å². The van der Waals surface area contributed by atoms with Gasteiger partial charge in [0.05, 0.1) is 22.3 Å². The van der Waals surface area contributed by atoms with Gasteiger partial charge in [-0.3, -0.25) is 18.6 Å².